The molecule has 11 heavy (non-hydrogen) atoms. The zero-order valence-corrected chi connectivity index (χ0v) is 10.5. The van der Waals surface area contributed by atoms with Crippen LogP contribution < -0.4 is 5.32 Å². The van der Waals surface area contributed by atoms with Crippen LogP contribution in [0.25, 0.3) is 0 Å². The predicted octanol–water partition coefficient (Wildman–Crippen LogP) is -0.124. The number of rotatable bonds is 6. The Bertz CT molecular complexity index is 90.5. The number of hydrogen-bond donors (Lipinski definition) is 1. The van der Waals surface area contributed by atoms with Crippen LogP contribution in [0.15, 0.2) is 0 Å². The zero-order chi connectivity index (χ0) is 8.69. The first-order chi connectivity index (χ1) is 5.16. The van der Waals surface area contributed by atoms with Crippen LogP contribution in [0.4, 0.5) is 0 Å². The summed E-state index contributed by atoms with van der Waals surface area (Å²) < 4.78 is 0. The lowest BCUT2D eigenvalue weighted by molar-refractivity contribution is 0.396. The number of hydrogen-bond acceptors (Lipinski definition) is 2. The van der Waals surface area contributed by atoms with E-state index in [2.05, 4.69) is 24.3 Å². The van der Waals surface area contributed by atoms with Crippen molar-refractivity contribution >= 4 is 21.8 Å². The number of likely N-dealkylation sites (N-methyl/N-ethyl adjacent to an activating group) is 1. The monoisotopic (exact) mass is 194 g/mol. The molecule has 0 aromatic rings. The maximum atomic E-state index is 5.96. The van der Waals surface area contributed by atoms with Gasteiger partial charge in [0.05, 0.1) is 5.50 Å². The summed E-state index contributed by atoms with van der Waals surface area (Å²) in [6, 6.07) is 1.28. The summed E-state index contributed by atoms with van der Waals surface area (Å²) in [6.07, 6.45) is 1.11. The fourth-order valence-corrected chi connectivity index (χ4v) is 2.07. The largest absolute Gasteiger partial charge is 0.308 e. The maximum Gasteiger partial charge on any atom is 0.0822 e. The van der Waals surface area contributed by atoms with Crippen LogP contribution in [0.2, 0.25) is 6.04 Å². The van der Waals surface area contributed by atoms with Gasteiger partial charge >= 0.3 is 0 Å². The molecule has 0 aliphatic rings. The van der Waals surface area contributed by atoms with Crippen LogP contribution in [0.3, 0.4) is 0 Å². The first-order valence-electron chi connectivity index (χ1n) is 4.19. The van der Waals surface area contributed by atoms with Crippen LogP contribution >= 0.6 is 11.6 Å². The van der Waals surface area contributed by atoms with Crippen molar-refractivity contribution in [2.45, 2.75) is 18.0 Å². The van der Waals surface area contributed by atoms with Crippen LogP contribution in [0.5, 0.6) is 0 Å². The molecule has 1 atom stereocenters. The van der Waals surface area contributed by atoms with E-state index in [0.29, 0.717) is 0 Å². The molecule has 0 heterocycles. The minimum atomic E-state index is 0.187. The summed E-state index contributed by atoms with van der Waals surface area (Å²) in [5, 5.41) is 3.26. The Hall–Kier alpha value is 0.427. The van der Waals surface area contributed by atoms with Crippen LogP contribution in [0, 0.1) is 0 Å². The van der Waals surface area contributed by atoms with Crippen molar-refractivity contribution in [2.24, 2.45) is 0 Å². The fourth-order valence-electron chi connectivity index (χ4n) is 0.800. The van der Waals surface area contributed by atoms with E-state index in [1.165, 1.54) is 16.3 Å². The molecule has 0 saturated heterocycles. The molecule has 0 aromatic carbocycles. The predicted molar refractivity (Wildman–Crippen MR) is 55.6 cm³/mol. The van der Waals surface area contributed by atoms with E-state index in [1.807, 2.05) is 0 Å². The second-order valence-electron chi connectivity index (χ2n) is 3.01. The Balaban J connectivity index is 3.10. The Morgan fingerprint density at radius 3 is 2.64 bits per heavy atom. The molecule has 0 aromatic heterocycles. The van der Waals surface area contributed by atoms with E-state index in [9.17, 15) is 0 Å². The lowest BCUT2D eigenvalue weighted by Gasteiger charge is -2.13. The number of alkyl halides is 1. The normalized spacial score (nSPS) is 14.2. The van der Waals surface area contributed by atoms with Crippen molar-refractivity contribution in [2.75, 3.05) is 27.2 Å². The highest BCUT2D eigenvalue weighted by molar-refractivity contribution is 6.20. The molecule has 4 heteroatoms. The number of halogens is 1. The van der Waals surface area contributed by atoms with Gasteiger partial charge in [-0.15, -0.1) is 11.6 Å². The molecule has 0 aliphatic carbocycles. The Kier molecular flexibility index (Phi) is 7.37. The van der Waals surface area contributed by atoms with E-state index >= 15 is 0 Å². The highest BCUT2D eigenvalue weighted by atomic mass is 35.5. The van der Waals surface area contributed by atoms with E-state index < -0.39 is 0 Å². The minimum Gasteiger partial charge on any atom is -0.308 e. The van der Waals surface area contributed by atoms with Gasteiger partial charge in [-0.2, -0.15) is 0 Å². The van der Waals surface area contributed by atoms with Crippen LogP contribution in [-0.2, 0) is 0 Å². The maximum absolute atomic E-state index is 5.96. The Labute approximate surface area is 77.7 Å². The summed E-state index contributed by atoms with van der Waals surface area (Å²) in [6.45, 7) is 2.05. The summed E-state index contributed by atoms with van der Waals surface area (Å²) in [7, 11) is 5.39. The van der Waals surface area contributed by atoms with Crippen LogP contribution in [-0.4, -0.2) is 47.8 Å². The quantitative estimate of drug-likeness (QED) is 0.360. The Morgan fingerprint density at radius 1 is 1.55 bits per heavy atom. The van der Waals surface area contributed by atoms with Crippen molar-refractivity contribution in [3.8, 4) is 0 Å². The van der Waals surface area contributed by atoms with Crippen molar-refractivity contribution in [1.29, 1.82) is 0 Å². The smallest absolute Gasteiger partial charge is 0.0822 e. The fraction of sp³-hybridized carbons (Fsp3) is 1.00. The van der Waals surface area contributed by atoms with E-state index in [1.54, 1.807) is 0 Å². The standard InChI is InChI=1S/C7H19ClN2Si/c1-10(2)5-4-9-7(8)3-6-11/h7,9H,3-6H2,1-2,11H3. The molecule has 0 bridgehead atoms. The van der Waals surface area contributed by atoms with Crippen molar-refractivity contribution in [3.63, 3.8) is 0 Å². The van der Waals surface area contributed by atoms with Gasteiger partial charge in [-0.1, -0.05) is 6.04 Å². The third kappa shape index (κ3) is 8.33. The highest BCUT2D eigenvalue weighted by Crippen LogP contribution is 1.98. The van der Waals surface area contributed by atoms with E-state index in [-0.39, 0.29) is 5.50 Å². The zero-order valence-electron chi connectivity index (χ0n) is 7.73. The summed E-state index contributed by atoms with van der Waals surface area (Å²) in [5.41, 5.74) is 0.187. The van der Waals surface area contributed by atoms with Gasteiger partial charge in [0.25, 0.3) is 0 Å². The number of nitrogens with zero attached hydrogens (tertiary/aromatic N) is 1. The molecule has 1 unspecified atom stereocenters. The first kappa shape index (κ1) is 11.4. The molecule has 0 aliphatic heterocycles. The van der Waals surface area contributed by atoms with Gasteiger partial charge in [0.2, 0.25) is 0 Å². The molecule has 2 nitrogen and oxygen atoms in total. The van der Waals surface area contributed by atoms with Crippen molar-refractivity contribution < 1.29 is 0 Å². The van der Waals surface area contributed by atoms with Gasteiger partial charge in [0, 0.05) is 23.3 Å². The third-order valence-corrected chi connectivity index (χ3v) is 2.42. The van der Waals surface area contributed by atoms with Crippen molar-refractivity contribution in [1.82, 2.24) is 10.2 Å². The topological polar surface area (TPSA) is 15.3 Å². The molecular formula is C7H19ClN2Si. The summed E-state index contributed by atoms with van der Waals surface area (Å²) in [4.78, 5) is 2.15. The second kappa shape index (κ2) is 7.10. The Morgan fingerprint density at radius 2 is 2.18 bits per heavy atom. The average molecular weight is 195 g/mol. The lowest BCUT2D eigenvalue weighted by Crippen LogP contribution is -2.31. The van der Waals surface area contributed by atoms with Gasteiger partial charge < -0.3 is 10.2 Å². The minimum absolute atomic E-state index is 0.187. The second-order valence-corrected chi connectivity index (χ2v) is 4.54. The van der Waals surface area contributed by atoms with Crippen LogP contribution in [0.1, 0.15) is 6.42 Å². The molecule has 0 rings (SSSR count). The molecule has 0 spiro atoms. The SMILES string of the molecule is CN(C)CCNC(Cl)CC[SiH3]. The van der Waals surface area contributed by atoms with Gasteiger partial charge in [0.1, 0.15) is 0 Å². The molecule has 68 valence electrons. The molecule has 0 amide bonds. The van der Waals surface area contributed by atoms with Gasteiger partial charge in [0.15, 0.2) is 0 Å². The molecule has 1 N–H and O–H groups in total. The molecular weight excluding hydrogens is 176 g/mol. The number of nitrogens with one attached hydrogen (secondary N) is 1. The summed E-state index contributed by atoms with van der Waals surface area (Å²) in [5.74, 6) is 0. The average Bonchev–Trinajstić information content (AvgIpc) is 1.87. The van der Waals surface area contributed by atoms with Gasteiger partial charge in [-0.3, -0.25) is 0 Å². The lowest BCUT2D eigenvalue weighted by atomic mass is 10.4. The molecule has 0 saturated carbocycles. The molecule has 0 fully saturated rings. The van der Waals surface area contributed by atoms with E-state index in [0.717, 1.165) is 19.5 Å². The van der Waals surface area contributed by atoms with E-state index in [4.69, 9.17) is 11.6 Å². The summed E-state index contributed by atoms with van der Waals surface area (Å²) >= 11 is 5.96. The highest BCUT2D eigenvalue weighted by Gasteiger charge is 2.00. The van der Waals surface area contributed by atoms with Crippen molar-refractivity contribution in [3.05, 3.63) is 0 Å². The molecule has 0 radical (unpaired) electrons. The van der Waals surface area contributed by atoms with Gasteiger partial charge in [-0.05, 0) is 20.5 Å². The first-order valence-corrected chi connectivity index (χ1v) is 6.04. The third-order valence-electron chi connectivity index (χ3n) is 1.47. The van der Waals surface area contributed by atoms with Gasteiger partial charge in [-0.25, -0.2) is 0 Å².